The highest BCUT2D eigenvalue weighted by Gasteiger charge is 2.25. The van der Waals surface area contributed by atoms with Gasteiger partial charge in [0.05, 0.1) is 25.1 Å². The molecule has 3 heterocycles. The van der Waals surface area contributed by atoms with Gasteiger partial charge in [-0.05, 0) is 43.3 Å². The number of nitrogens with zero attached hydrogens (tertiary/aromatic N) is 2. The van der Waals surface area contributed by atoms with Crippen LogP contribution in [0.4, 0.5) is 15.6 Å². The Bertz CT molecular complexity index is 998. The maximum atomic E-state index is 12.6. The first-order valence-corrected chi connectivity index (χ1v) is 10.1. The molecule has 0 saturated heterocycles. The fourth-order valence-corrected chi connectivity index (χ4v) is 4.01. The summed E-state index contributed by atoms with van der Waals surface area (Å²) in [7, 11) is 0. The lowest BCUT2D eigenvalue weighted by atomic mass is 10.2. The predicted octanol–water partition coefficient (Wildman–Crippen LogP) is 3.98. The minimum absolute atomic E-state index is 0.172. The van der Waals surface area contributed by atoms with Crippen molar-refractivity contribution in [1.82, 2.24) is 9.88 Å². The zero-order chi connectivity index (χ0) is 20.2. The lowest BCUT2D eigenvalue weighted by Crippen LogP contribution is -2.38. The molecule has 150 valence electrons. The van der Waals surface area contributed by atoms with Crippen molar-refractivity contribution in [3.63, 3.8) is 0 Å². The lowest BCUT2D eigenvalue weighted by molar-refractivity contribution is 0.0996. The summed E-state index contributed by atoms with van der Waals surface area (Å²) in [5.74, 6) is 0.655. The summed E-state index contributed by atoms with van der Waals surface area (Å²) >= 11 is 1.37. The molecule has 29 heavy (non-hydrogen) atoms. The Labute approximate surface area is 171 Å². The van der Waals surface area contributed by atoms with Gasteiger partial charge in [0.15, 0.2) is 10.9 Å². The van der Waals surface area contributed by atoms with Gasteiger partial charge >= 0.3 is 6.03 Å². The van der Waals surface area contributed by atoms with Crippen molar-refractivity contribution in [3.05, 3.63) is 59.0 Å². The van der Waals surface area contributed by atoms with Crippen molar-refractivity contribution >= 4 is 34.1 Å². The third kappa shape index (κ3) is 4.40. The molecule has 3 aromatic rings. The number of nitrogens with one attached hydrogen (secondary N) is 2. The van der Waals surface area contributed by atoms with Gasteiger partial charge < -0.3 is 19.4 Å². The Hall–Kier alpha value is -3.33. The number of hydrogen-bond acceptors (Lipinski definition) is 6. The summed E-state index contributed by atoms with van der Waals surface area (Å²) in [4.78, 5) is 31.9. The first-order chi connectivity index (χ1) is 14.1. The fraction of sp³-hybridized carbons (Fsp3) is 0.250. The molecule has 0 spiro atoms. The van der Waals surface area contributed by atoms with E-state index in [2.05, 4.69) is 15.6 Å². The van der Waals surface area contributed by atoms with Gasteiger partial charge in [-0.1, -0.05) is 11.3 Å². The Morgan fingerprint density at radius 1 is 1.24 bits per heavy atom. The average molecular weight is 412 g/mol. The summed E-state index contributed by atoms with van der Waals surface area (Å²) in [6, 6.07) is 10.4. The SMILES string of the molecule is CCOc1ccc(NC(=O)N2CCc3nc(NC(=O)c4ccco4)sc3C2)cc1. The highest BCUT2D eigenvalue weighted by Crippen LogP contribution is 2.29. The molecule has 9 heteroatoms. The second kappa shape index (κ2) is 8.36. The zero-order valence-corrected chi connectivity index (χ0v) is 16.6. The largest absolute Gasteiger partial charge is 0.494 e. The summed E-state index contributed by atoms with van der Waals surface area (Å²) in [6.45, 7) is 3.53. The van der Waals surface area contributed by atoms with Gasteiger partial charge in [-0.15, -0.1) is 0 Å². The van der Waals surface area contributed by atoms with E-state index in [1.54, 1.807) is 17.0 Å². The number of hydrogen-bond donors (Lipinski definition) is 2. The molecule has 0 atom stereocenters. The average Bonchev–Trinajstić information content (AvgIpc) is 3.38. The monoisotopic (exact) mass is 412 g/mol. The number of anilines is 2. The molecule has 0 aliphatic carbocycles. The van der Waals surface area contributed by atoms with Crippen molar-refractivity contribution in [2.45, 2.75) is 19.9 Å². The number of rotatable bonds is 5. The van der Waals surface area contributed by atoms with Crippen LogP contribution in [-0.4, -0.2) is 35.0 Å². The van der Waals surface area contributed by atoms with E-state index in [1.165, 1.54) is 17.6 Å². The normalized spacial score (nSPS) is 12.9. The van der Waals surface area contributed by atoms with Crippen molar-refractivity contribution in [2.75, 3.05) is 23.8 Å². The van der Waals surface area contributed by atoms with Crippen LogP contribution in [0.5, 0.6) is 5.75 Å². The third-order valence-corrected chi connectivity index (χ3v) is 5.40. The maximum absolute atomic E-state index is 12.6. The fourth-order valence-electron chi connectivity index (χ4n) is 2.99. The van der Waals surface area contributed by atoms with Crippen molar-refractivity contribution in [3.8, 4) is 5.75 Å². The van der Waals surface area contributed by atoms with E-state index in [0.29, 0.717) is 36.9 Å². The van der Waals surface area contributed by atoms with Gasteiger partial charge in [-0.3, -0.25) is 10.1 Å². The van der Waals surface area contributed by atoms with E-state index in [1.807, 2.05) is 31.2 Å². The van der Waals surface area contributed by atoms with E-state index in [4.69, 9.17) is 9.15 Å². The molecule has 2 aromatic heterocycles. The van der Waals surface area contributed by atoms with Gasteiger partial charge in [0, 0.05) is 23.5 Å². The van der Waals surface area contributed by atoms with E-state index in [0.717, 1.165) is 16.3 Å². The summed E-state index contributed by atoms with van der Waals surface area (Å²) in [5.41, 5.74) is 1.62. The number of aromatic nitrogens is 1. The topological polar surface area (TPSA) is 96.7 Å². The van der Waals surface area contributed by atoms with Gasteiger partial charge in [0.1, 0.15) is 5.75 Å². The van der Waals surface area contributed by atoms with Gasteiger partial charge in [-0.25, -0.2) is 9.78 Å². The molecule has 0 saturated carbocycles. The van der Waals surface area contributed by atoms with Crippen LogP contribution in [0, 0.1) is 0 Å². The molecule has 8 nitrogen and oxygen atoms in total. The van der Waals surface area contributed by atoms with E-state index >= 15 is 0 Å². The van der Waals surface area contributed by atoms with Gasteiger partial charge in [0.25, 0.3) is 5.91 Å². The van der Waals surface area contributed by atoms with Crippen LogP contribution in [-0.2, 0) is 13.0 Å². The number of amides is 3. The summed E-state index contributed by atoms with van der Waals surface area (Å²) < 4.78 is 10.5. The molecule has 0 fully saturated rings. The molecule has 0 radical (unpaired) electrons. The predicted molar refractivity (Wildman–Crippen MR) is 110 cm³/mol. The number of fused-ring (bicyclic) bond motifs is 1. The number of urea groups is 1. The maximum Gasteiger partial charge on any atom is 0.322 e. The quantitative estimate of drug-likeness (QED) is 0.661. The second-order valence-corrected chi connectivity index (χ2v) is 7.46. The van der Waals surface area contributed by atoms with E-state index in [9.17, 15) is 9.59 Å². The summed E-state index contributed by atoms with van der Waals surface area (Å²) in [6.07, 6.45) is 2.09. The lowest BCUT2D eigenvalue weighted by Gasteiger charge is -2.26. The Morgan fingerprint density at radius 3 is 2.79 bits per heavy atom. The number of ether oxygens (including phenoxy) is 1. The second-order valence-electron chi connectivity index (χ2n) is 6.38. The number of thiazole rings is 1. The first kappa shape index (κ1) is 19.0. The smallest absolute Gasteiger partial charge is 0.322 e. The van der Waals surface area contributed by atoms with Crippen molar-refractivity contribution in [2.24, 2.45) is 0 Å². The molecule has 2 N–H and O–H groups in total. The van der Waals surface area contributed by atoms with Gasteiger partial charge in [0.2, 0.25) is 0 Å². The molecular formula is C20H20N4O4S. The van der Waals surface area contributed by atoms with Crippen LogP contribution < -0.4 is 15.4 Å². The Kier molecular flexibility index (Phi) is 5.48. The minimum atomic E-state index is -0.341. The van der Waals surface area contributed by atoms with Gasteiger partial charge in [-0.2, -0.15) is 0 Å². The van der Waals surface area contributed by atoms with Crippen LogP contribution in [0.3, 0.4) is 0 Å². The zero-order valence-electron chi connectivity index (χ0n) is 15.8. The number of furan rings is 1. The van der Waals surface area contributed by atoms with E-state index in [-0.39, 0.29) is 17.7 Å². The molecule has 1 aliphatic heterocycles. The molecule has 1 aliphatic rings. The first-order valence-electron chi connectivity index (χ1n) is 9.24. The molecule has 0 unspecified atom stereocenters. The van der Waals surface area contributed by atoms with Crippen molar-refractivity contribution < 1.29 is 18.7 Å². The molecule has 0 bridgehead atoms. The number of carbonyl (C=O) groups excluding carboxylic acids is 2. The highest BCUT2D eigenvalue weighted by atomic mass is 32.1. The van der Waals surface area contributed by atoms with Crippen LogP contribution in [0.15, 0.2) is 47.1 Å². The summed E-state index contributed by atoms with van der Waals surface area (Å²) in [5, 5.41) is 6.15. The number of benzene rings is 1. The standard InChI is InChI=1S/C20H20N4O4S/c1-2-27-14-7-5-13(6-8-14)21-20(26)24-10-9-15-17(12-24)29-19(22-15)23-18(25)16-4-3-11-28-16/h3-8,11H,2,9-10,12H2,1H3,(H,21,26)(H,22,23,25). The van der Waals surface area contributed by atoms with Crippen LogP contribution in [0.25, 0.3) is 0 Å². The Balaban J connectivity index is 1.37. The highest BCUT2D eigenvalue weighted by molar-refractivity contribution is 7.15. The molecular weight excluding hydrogens is 392 g/mol. The molecule has 3 amide bonds. The number of carbonyl (C=O) groups is 2. The van der Waals surface area contributed by atoms with Crippen LogP contribution >= 0.6 is 11.3 Å². The van der Waals surface area contributed by atoms with E-state index < -0.39 is 0 Å². The Morgan fingerprint density at radius 2 is 2.07 bits per heavy atom. The van der Waals surface area contributed by atoms with Crippen molar-refractivity contribution in [1.29, 1.82) is 0 Å². The third-order valence-electron chi connectivity index (χ3n) is 4.40. The molecule has 4 rings (SSSR count). The molecule has 1 aromatic carbocycles. The minimum Gasteiger partial charge on any atom is -0.494 e. The van der Waals surface area contributed by atoms with Crippen LogP contribution in [0.1, 0.15) is 28.0 Å². The van der Waals surface area contributed by atoms with Crippen LogP contribution in [0.2, 0.25) is 0 Å².